The van der Waals surface area contributed by atoms with Crippen LogP contribution < -0.4 is 5.32 Å². The molecule has 2 atom stereocenters. The van der Waals surface area contributed by atoms with Gasteiger partial charge in [0.05, 0.1) is 10.7 Å². The van der Waals surface area contributed by atoms with Crippen molar-refractivity contribution >= 4 is 29.2 Å². The Morgan fingerprint density at radius 3 is 2.81 bits per heavy atom. The molecular weight excluding hydrogens is 292 g/mol. The van der Waals surface area contributed by atoms with Crippen LogP contribution in [0.1, 0.15) is 19.8 Å². The maximum Gasteiger partial charge on any atom is 0.321 e. The zero-order chi connectivity index (χ0) is 15.4. The van der Waals surface area contributed by atoms with Crippen molar-refractivity contribution in [3.8, 4) is 0 Å². The van der Waals surface area contributed by atoms with Gasteiger partial charge in [0, 0.05) is 13.0 Å². The molecule has 1 aliphatic rings. The molecule has 2 N–H and O–H groups in total. The summed E-state index contributed by atoms with van der Waals surface area (Å²) in [5, 5.41) is 12.5. The van der Waals surface area contributed by atoms with E-state index < -0.39 is 12.0 Å². The largest absolute Gasteiger partial charge is 0.480 e. The fourth-order valence-corrected chi connectivity index (χ4v) is 2.88. The molecule has 0 bridgehead atoms. The molecule has 6 heteroatoms. The number of halogens is 1. The van der Waals surface area contributed by atoms with Gasteiger partial charge in [-0.25, -0.2) is 0 Å². The molecule has 0 saturated carbocycles. The summed E-state index contributed by atoms with van der Waals surface area (Å²) in [6.45, 7) is 3.09. The molecule has 1 heterocycles. The summed E-state index contributed by atoms with van der Waals surface area (Å²) < 4.78 is 0. The summed E-state index contributed by atoms with van der Waals surface area (Å²) in [7, 11) is 0. The van der Waals surface area contributed by atoms with E-state index in [2.05, 4.69) is 5.32 Å². The first kappa shape index (κ1) is 15.8. The Bertz CT molecular complexity index is 535. The van der Waals surface area contributed by atoms with Gasteiger partial charge in [0.15, 0.2) is 0 Å². The van der Waals surface area contributed by atoms with E-state index in [-0.39, 0.29) is 18.2 Å². The number of likely N-dealkylation sites (tertiary alicyclic amines) is 1. The zero-order valence-corrected chi connectivity index (χ0v) is 12.6. The summed E-state index contributed by atoms with van der Waals surface area (Å²) in [5.41, 5.74) is 0.578. The number of amides is 1. The monoisotopic (exact) mass is 310 g/mol. The van der Waals surface area contributed by atoms with Crippen molar-refractivity contribution in [1.82, 2.24) is 4.90 Å². The van der Waals surface area contributed by atoms with Crippen molar-refractivity contribution in [3.05, 3.63) is 29.3 Å². The third kappa shape index (κ3) is 3.95. The highest BCUT2D eigenvalue weighted by atomic mass is 35.5. The summed E-state index contributed by atoms with van der Waals surface area (Å²) in [6.07, 6.45) is 1.10. The van der Waals surface area contributed by atoms with Gasteiger partial charge < -0.3 is 10.4 Å². The molecule has 1 aliphatic heterocycles. The lowest BCUT2D eigenvalue weighted by molar-refractivity contribution is -0.143. The van der Waals surface area contributed by atoms with Crippen molar-refractivity contribution in [2.45, 2.75) is 25.8 Å². The number of anilines is 1. The number of hydrogen-bond acceptors (Lipinski definition) is 3. The van der Waals surface area contributed by atoms with E-state index in [1.165, 1.54) is 0 Å². The highest BCUT2D eigenvalue weighted by Crippen LogP contribution is 2.24. The predicted molar refractivity (Wildman–Crippen MR) is 81.5 cm³/mol. The molecule has 21 heavy (non-hydrogen) atoms. The van der Waals surface area contributed by atoms with Gasteiger partial charge in [0.2, 0.25) is 5.91 Å². The zero-order valence-electron chi connectivity index (χ0n) is 11.9. The number of carbonyl (C=O) groups is 2. The number of hydrogen-bond donors (Lipinski definition) is 2. The molecule has 2 unspecified atom stereocenters. The van der Waals surface area contributed by atoms with Crippen LogP contribution in [0.5, 0.6) is 0 Å². The Morgan fingerprint density at radius 2 is 2.14 bits per heavy atom. The normalized spacial score (nSPS) is 22.2. The molecule has 5 nitrogen and oxygen atoms in total. The van der Waals surface area contributed by atoms with Crippen molar-refractivity contribution in [2.24, 2.45) is 5.92 Å². The van der Waals surface area contributed by atoms with Gasteiger partial charge in [-0.2, -0.15) is 0 Å². The fraction of sp³-hybridized carbons (Fsp3) is 0.467. The number of carboxylic acid groups (broad SMARTS) is 1. The van der Waals surface area contributed by atoms with Crippen molar-refractivity contribution in [1.29, 1.82) is 0 Å². The van der Waals surface area contributed by atoms with Crippen LogP contribution >= 0.6 is 11.6 Å². The third-order valence-corrected chi connectivity index (χ3v) is 4.16. The first-order chi connectivity index (χ1) is 9.99. The molecule has 114 valence electrons. The number of para-hydroxylation sites is 1. The van der Waals surface area contributed by atoms with E-state index >= 15 is 0 Å². The van der Waals surface area contributed by atoms with E-state index in [1.807, 2.05) is 11.8 Å². The summed E-state index contributed by atoms with van der Waals surface area (Å²) in [4.78, 5) is 25.0. The minimum absolute atomic E-state index is 0.120. The lowest BCUT2D eigenvalue weighted by Gasteiger charge is -2.22. The topological polar surface area (TPSA) is 69.6 Å². The Labute approximate surface area is 128 Å². The van der Waals surface area contributed by atoms with E-state index in [0.717, 1.165) is 13.0 Å². The Balaban J connectivity index is 1.87. The lowest BCUT2D eigenvalue weighted by atomic mass is 10.0. The molecule has 1 aromatic carbocycles. The molecule has 0 spiro atoms. The van der Waals surface area contributed by atoms with Crippen LogP contribution in [0, 0.1) is 5.92 Å². The quantitative estimate of drug-likeness (QED) is 0.876. The third-order valence-electron chi connectivity index (χ3n) is 3.83. The van der Waals surface area contributed by atoms with E-state index in [0.29, 0.717) is 17.3 Å². The van der Waals surface area contributed by atoms with Crippen LogP contribution in [0.15, 0.2) is 24.3 Å². The molecule has 0 aromatic heterocycles. The van der Waals surface area contributed by atoms with Crippen molar-refractivity contribution < 1.29 is 14.7 Å². The maximum atomic E-state index is 11.9. The van der Waals surface area contributed by atoms with Gasteiger partial charge in [-0.3, -0.25) is 14.5 Å². The second kappa shape index (κ2) is 6.91. The highest BCUT2D eigenvalue weighted by Gasteiger charge is 2.36. The summed E-state index contributed by atoms with van der Waals surface area (Å²) in [6, 6.07) is 6.54. The Morgan fingerprint density at radius 1 is 1.43 bits per heavy atom. The number of rotatable bonds is 5. The highest BCUT2D eigenvalue weighted by molar-refractivity contribution is 6.33. The average molecular weight is 311 g/mol. The van der Waals surface area contributed by atoms with Gasteiger partial charge in [-0.15, -0.1) is 0 Å². The molecule has 2 rings (SSSR count). The number of benzene rings is 1. The van der Waals surface area contributed by atoms with Crippen LogP contribution in [0.4, 0.5) is 5.69 Å². The molecule has 0 radical (unpaired) electrons. The van der Waals surface area contributed by atoms with E-state index in [4.69, 9.17) is 11.6 Å². The number of nitrogens with one attached hydrogen (secondary N) is 1. The first-order valence-corrected chi connectivity index (χ1v) is 7.38. The standard InChI is InChI=1S/C15H19ClN2O3/c1-10-6-8-18(14(10)15(20)21)9-7-13(19)17-12-5-3-2-4-11(12)16/h2-5,10,14H,6-9H2,1H3,(H,17,19)(H,20,21). The minimum atomic E-state index is -0.813. The van der Waals surface area contributed by atoms with Gasteiger partial charge >= 0.3 is 5.97 Å². The van der Waals surface area contributed by atoms with Crippen LogP contribution in [-0.4, -0.2) is 41.0 Å². The lowest BCUT2D eigenvalue weighted by Crippen LogP contribution is -2.40. The Kier molecular flexibility index (Phi) is 5.20. The van der Waals surface area contributed by atoms with Crippen LogP contribution in [0.2, 0.25) is 5.02 Å². The minimum Gasteiger partial charge on any atom is -0.480 e. The smallest absolute Gasteiger partial charge is 0.321 e. The number of carboxylic acids is 1. The van der Waals surface area contributed by atoms with E-state index in [1.54, 1.807) is 24.3 Å². The second-order valence-corrected chi connectivity index (χ2v) is 5.77. The molecule has 1 amide bonds. The first-order valence-electron chi connectivity index (χ1n) is 7.00. The van der Waals surface area contributed by atoms with Gasteiger partial charge in [0.1, 0.15) is 6.04 Å². The SMILES string of the molecule is CC1CCN(CCC(=O)Nc2ccccc2Cl)C1C(=O)O. The van der Waals surface area contributed by atoms with Gasteiger partial charge in [-0.05, 0) is 31.0 Å². The van der Waals surface area contributed by atoms with Crippen molar-refractivity contribution in [3.63, 3.8) is 0 Å². The molecule has 1 saturated heterocycles. The molecule has 1 fully saturated rings. The fourth-order valence-electron chi connectivity index (χ4n) is 2.70. The van der Waals surface area contributed by atoms with E-state index in [9.17, 15) is 14.7 Å². The molecule has 1 aromatic rings. The second-order valence-electron chi connectivity index (χ2n) is 5.36. The molecule has 0 aliphatic carbocycles. The number of nitrogens with zero attached hydrogens (tertiary/aromatic N) is 1. The van der Waals surface area contributed by atoms with Crippen LogP contribution in [-0.2, 0) is 9.59 Å². The van der Waals surface area contributed by atoms with Crippen LogP contribution in [0.3, 0.4) is 0 Å². The van der Waals surface area contributed by atoms with Crippen LogP contribution in [0.25, 0.3) is 0 Å². The van der Waals surface area contributed by atoms with Gasteiger partial charge in [-0.1, -0.05) is 30.7 Å². The van der Waals surface area contributed by atoms with Gasteiger partial charge in [0.25, 0.3) is 0 Å². The average Bonchev–Trinajstić information content (AvgIpc) is 2.80. The van der Waals surface area contributed by atoms with Crippen molar-refractivity contribution in [2.75, 3.05) is 18.4 Å². The Hall–Kier alpha value is -1.59. The maximum absolute atomic E-state index is 11.9. The summed E-state index contributed by atoms with van der Waals surface area (Å²) >= 11 is 5.98. The number of carbonyl (C=O) groups excluding carboxylic acids is 1. The number of aliphatic carboxylic acids is 1. The predicted octanol–water partition coefficient (Wildman–Crippen LogP) is 2.46. The molecular formula is C15H19ClN2O3. The summed E-state index contributed by atoms with van der Waals surface area (Å²) in [5.74, 6) is -0.854.